The Bertz CT molecular complexity index is 404. The van der Waals surface area contributed by atoms with Crippen LogP contribution in [0.2, 0.25) is 0 Å². The highest BCUT2D eigenvalue weighted by atomic mass is 79.9. The molecule has 1 N–H and O–H groups in total. The zero-order chi connectivity index (χ0) is 14.4. The van der Waals surface area contributed by atoms with E-state index in [0.29, 0.717) is 6.04 Å². The maximum absolute atomic E-state index is 3.70. The molecule has 0 aromatic heterocycles. The Labute approximate surface area is 132 Å². The summed E-state index contributed by atoms with van der Waals surface area (Å²) in [6.07, 6.45) is 5.18. The van der Waals surface area contributed by atoms with Crippen LogP contribution in [-0.2, 0) is 0 Å². The second-order valence-electron chi connectivity index (χ2n) is 5.71. The van der Waals surface area contributed by atoms with Crippen LogP contribution in [0.1, 0.15) is 51.1 Å². The first-order valence-corrected chi connectivity index (χ1v) is 8.76. The molecule has 0 radical (unpaired) electrons. The molecule has 2 rings (SSSR count). The Kier molecular flexibility index (Phi) is 6.53. The van der Waals surface area contributed by atoms with Gasteiger partial charge in [-0.3, -0.25) is 0 Å². The smallest absolute Gasteiger partial charge is 0.0332 e. The van der Waals surface area contributed by atoms with Gasteiger partial charge < -0.3 is 10.2 Å². The average Bonchev–Trinajstić information content (AvgIpc) is 3.27. The second kappa shape index (κ2) is 8.16. The number of hydrogen-bond acceptors (Lipinski definition) is 2. The summed E-state index contributed by atoms with van der Waals surface area (Å²) >= 11 is 3.59. The van der Waals surface area contributed by atoms with Crippen molar-refractivity contribution < 1.29 is 0 Å². The summed E-state index contributed by atoms with van der Waals surface area (Å²) in [5, 5.41) is 3.70. The maximum Gasteiger partial charge on any atom is 0.0332 e. The van der Waals surface area contributed by atoms with Crippen LogP contribution in [0.4, 0.5) is 0 Å². The molecule has 1 fully saturated rings. The van der Waals surface area contributed by atoms with Crippen molar-refractivity contribution in [1.29, 1.82) is 0 Å². The summed E-state index contributed by atoms with van der Waals surface area (Å²) in [4.78, 5) is 2.64. The standard InChI is InChI=1S/C17H27BrN2/c1-3-11-19-17(14-6-5-7-15(18)13-14)10-12-20(4-2)16-8-9-16/h5-7,13,16-17,19H,3-4,8-12H2,1-2H3. The third kappa shape index (κ3) is 4.87. The number of nitrogens with one attached hydrogen (secondary N) is 1. The van der Waals surface area contributed by atoms with Crippen LogP contribution in [0.25, 0.3) is 0 Å². The van der Waals surface area contributed by atoms with Crippen LogP contribution < -0.4 is 5.32 Å². The quantitative estimate of drug-likeness (QED) is 0.719. The summed E-state index contributed by atoms with van der Waals surface area (Å²) in [5.41, 5.74) is 1.40. The van der Waals surface area contributed by atoms with Gasteiger partial charge >= 0.3 is 0 Å². The predicted molar refractivity (Wildman–Crippen MR) is 90.1 cm³/mol. The minimum Gasteiger partial charge on any atom is -0.310 e. The van der Waals surface area contributed by atoms with E-state index >= 15 is 0 Å². The van der Waals surface area contributed by atoms with Crippen LogP contribution in [0.15, 0.2) is 28.7 Å². The van der Waals surface area contributed by atoms with Crippen molar-refractivity contribution >= 4 is 15.9 Å². The monoisotopic (exact) mass is 338 g/mol. The molecule has 1 aromatic rings. The summed E-state index contributed by atoms with van der Waals surface area (Å²) in [7, 11) is 0. The lowest BCUT2D eigenvalue weighted by Gasteiger charge is -2.25. The van der Waals surface area contributed by atoms with Gasteiger partial charge in [0.25, 0.3) is 0 Å². The van der Waals surface area contributed by atoms with Crippen molar-refractivity contribution in [1.82, 2.24) is 10.2 Å². The van der Waals surface area contributed by atoms with E-state index in [-0.39, 0.29) is 0 Å². The molecule has 3 heteroatoms. The summed E-state index contributed by atoms with van der Waals surface area (Å²) in [5.74, 6) is 0. The van der Waals surface area contributed by atoms with Crippen LogP contribution in [0.3, 0.4) is 0 Å². The Morgan fingerprint density at radius 2 is 2.15 bits per heavy atom. The third-order valence-electron chi connectivity index (χ3n) is 4.07. The van der Waals surface area contributed by atoms with Crippen LogP contribution in [0.5, 0.6) is 0 Å². The first kappa shape index (κ1) is 16.0. The highest BCUT2D eigenvalue weighted by Gasteiger charge is 2.28. The van der Waals surface area contributed by atoms with Gasteiger partial charge in [-0.2, -0.15) is 0 Å². The molecule has 2 nitrogen and oxygen atoms in total. The van der Waals surface area contributed by atoms with Crippen molar-refractivity contribution in [3.63, 3.8) is 0 Å². The van der Waals surface area contributed by atoms with Crippen molar-refractivity contribution in [3.8, 4) is 0 Å². The predicted octanol–water partition coefficient (Wildman–Crippen LogP) is 4.36. The molecule has 20 heavy (non-hydrogen) atoms. The molecule has 1 unspecified atom stereocenters. The summed E-state index contributed by atoms with van der Waals surface area (Å²) in [6.45, 7) is 7.99. The number of halogens is 1. The van der Waals surface area contributed by atoms with Gasteiger partial charge in [-0.1, -0.05) is 41.9 Å². The second-order valence-corrected chi connectivity index (χ2v) is 6.63. The van der Waals surface area contributed by atoms with Gasteiger partial charge in [-0.15, -0.1) is 0 Å². The molecule has 0 aliphatic heterocycles. The van der Waals surface area contributed by atoms with E-state index in [2.05, 4.69) is 64.3 Å². The van der Waals surface area contributed by atoms with E-state index in [0.717, 1.165) is 12.6 Å². The molecule has 0 heterocycles. The zero-order valence-electron chi connectivity index (χ0n) is 12.7. The largest absolute Gasteiger partial charge is 0.310 e. The fourth-order valence-corrected chi connectivity index (χ4v) is 3.18. The minimum atomic E-state index is 0.472. The van der Waals surface area contributed by atoms with E-state index in [1.165, 1.54) is 48.8 Å². The van der Waals surface area contributed by atoms with Gasteiger partial charge in [0.15, 0.2) is 0 Å². The number of nitrogens with zero attached hydrogens (tertiary/aromatic N) is 1. The number of rotatable bonds is 9. The van der Waals surface area contributed by atoms with Crippen molar-refractivity contribution in [2.75, 3.05) is 19.6 Å². The molecule has 1 atom stereocenters. The minimum absolute atomic E-state index is 0.472. The Morgan fingerprint density at radius 3 is 2.75 bits per heavy atom. The Morgan fingerprint density at radius 1 is 1.35 bits per heavy atom. The van der Waals surface area contributed by atoms with Gasteiger partial charge in [0.2, 0.25) is 0 Å². The molecular formula is C17H27BrN2. The number of benzene rings is 1. The lowest BCUT2D eigenvalue weighted by atomic mass is 10.0. The topological polar surface area (TPSA) is 15.3 Å². The number of hydrogen-bond donors (Lipinski definition) is 1. The highest BCUT2D eigenvalue weighted by Crippen LogP contribution is 2.28. The van der Waals surface area contributed by atoms with Gasteiger partial charge in [0, 0.05) is 23.1 Å². The Hall–Kier alpha value is -0.380. The summed E-state index contributed by atoms with van der Waals surface area (Å²) < 4.78 is 1.17. The molecule has 0 saturated heterocycles. The fraction of sp³-hybridized carbons (Fsp3) is 0.647. The summed E-state index contributed by atoms with van der Waals surface area (Å²) in [6, 6.07) is 10.1. The lowest BCUT2D eigenvalue weighted by molar-refractivity contribution is 0.259. The Balaban J connectivity index is 1.95. The van der Waals surface area contributed by atoms with Crippen LogP contribution >= 0.6 is 15.9 Å². The molecule has 112 valence electrons. The third-order valence-corrected chi connectivity index (χ3v) is 4.56. The van der Waals surface area contributed by atoms with Crippen molar-refractivity contribution in [2.45, 2.75) is 51.6 Å². The van der Waals surface area contributed by atoms with E-state index in [9.17, 15) is 0 Å². The first-order valence-electron chi connectivity index (χ1n) is 7.97. The molecule has 1 aromatic carbocycles. The van der Waals surface area contributed by atoms with Crippen molar-refractivity contribution in [2.24, 2.45) is 0 Å². The molecule has 1 saturated carbocycles. The van der Waals surface area contributed by atoms with Crippen LogP contribution in [0, 0.1) is 0 Å². The normalized spacial score (nSPS) is 16.6. The zero-order valence-corrected chi connectivity index (χ0v) is 14.3. The molecule has 0 amide bonds. The highest BCUT2D eigenvalue weighted by molar-refractivity contribution is 9.10. The molecule has 1 aliphatic carbocycles. The van der Waals surface area contributed by atoms with E-state index in [4.69, 9.17) is 0 Å². The molecule has 0 bridgehead atoms. The van der Waals surface area contributed by atoms with Gasteiger partial charge in [0.05, 0.1) is 0 Å². The average molecular weight is 339 g/mol. The maximum atomic E-state index is 3.70. The first-order chi connectivity index (χ1) is 9.74. The SMILES string of the molecule is CCCNC(CCN(CC)C1CC1)c1cccc(Br)c1. The van der Waals surface area contributed by atoms with Crippen LogP contribution in [-0.4, -0.2) is 30.6 Å². The van der Waals surface area contributed by atoms with E-state index < -0.39 is 0 Å². The fourth-order valence-electron chi connectivity index (χ4n) is 2.76. The molecular weight excluding hydrogens is 312 g/mol. The lowest BCUT2D eigenvalue weighted by Crippen LogP contribution is -2.31. The van der Waals surface area contributed by atoms with E-state index in [1.807, 2.05) is 0 Å². The molecule has 0 spiro atoms. The van der Waals surface area contributed by atoms with Crippen molar-refractivity contribution in [3.05, 3.63) is 34.3 Å². The van der Waals surface area contributed by atoms with Gasteiger partial charge in [-0.05, 0) is 56.5 Å². The molecule has 1 aliphatic rings. The van der Waals surface area contributed by atoms with Gasteiger partial charge in [-0.25, -0.2) is 0 Å². The van der Waals surface area contributed by atoms with E-state index in [1.54, 1.807) is 0 Å². The van der Waals surface area contributed by atoms with Gasteiger partial charge in [0.1, 0.15) is 0 Å².